The summed E-state index contributed by atoms with van der Waals surface area (Å²) < 4.78 is 10.7. The summed E-state index contributed by atoms with van der Waals surface area (Å²) in [5.74, 6) is 1.59. The predicted molar refractivity (Wildman–Crippen MR) is 106 cm³/mol. The van der Waals surface area contributed by atoms with Gasteiger partial charge in [0, 0.05) is 17.9 Å². The molecule has 0 unspecified atom stereocenters. The molecular formula is C21H20N4O3. The Kier molecular flexibility index (Phi) is 4.80. The monoisotopic (exact) mass is 376 g/mol. The van der Waals surface area contributed by atoms with Gasteiger partial charge in [-0.25, -0.2) is 9.97 Å². The maximum absolute atomic E-state index is 12.6. The van der Waals surface area contributed by atoms with Gasteiger partial charge < -0.3 is 20.1 Å². The first-order valence-corrected chi connectivity index (χ1v) is 8.93. The van der Waals surface area contributed by atoms with Crippen molar-refractivity contribution in [1.82, 2.24) is 9.97 Å². The molecule has 1 aromatic heterocycles. The normalized spacial score (nSPS) is 11.9. The summed E-state index contributed by atoms with van der Waals surface area (Å²) in [6.07, 6.45) is 0. The van der Waals surface area contributed by atoms with Gasteiger partial charge >= 0.3 is 0 Å². The van der Waals surface area contributed by atoms with Crippen molar-refractivity contribution in [3.63, 3.8) is 0 Å². The molecule has 1 amide bonds. The van der Waals surface area contributed by atoms with Gasteiger partial charge in [-0.15, -0.1) is 0 Å². The number of benzene rings is 2. The molecule has 0 atom stereocenters. The van der Waals surface area contributed by atoms with Gasteiger partial charge in [-0.05, 0) is 49.2 Å². The smallest absolute Gasteiger partial charge is 0.274 e. The number of nitrogens with one attached hydrogen (secondary N) is 2. The first-order valence-electron chi connectivity index (χ1n) is 8.93. The molecule has 7 nitrogen and oxygen atoms in total. The molecule has 1 aliphatic rings. The molecule has 0 radical (unpaired) electrons. The minimum Gasteiger partial charge on any atom is -0.454 e. The summed E-state index contributed by atoms with van der Waals surface area (Å²) in [5.41, 5.74) is 3.77. The Labute approximate surface area is 162 Å². The number of ether oxygens (including phenoxy) is 2. The maximum Gasteiger partial charge on any atom is 0.274 e. The molecule has 2 N–H and O–H groups in total. The first-order chi connectivity index (χ1) is 13.6. The van der Waals surface area contributed by atoms with E-state index in [9.17, 15) is 4.79 Å². The Balaban J connectivity index is 1.47. The maximum atomic E-state index is 12.6. The molecule has 142 valence electrons. The Morgan fingerprint density at radius 3 is 2.71 bits per heavy atom. The average molecular weight is 376 g/mol. The Morgan fingerprint density at radius 2 is 1.86 bits per heavy atom. The molecule has 7 heteroatoms. The van der Waals surface area contributed by atoms with Crippen LogP contribution in [-0.2, 0) is 6.54 Å². The largest absolute Gasteiger partial charge is 0.454 e. The van der Waals surface area contributed by atoms with Crippen LogP contribution in [0.5, 0.6) is 11.5 Å². The number of nitrogens with zero attached hydrogens (tertiary/aromatic N) is 2. The Bertz CT molecular complexity index is 1040. The van der Waals surface area contributed by atoms with E-state index in [1.54, 1.807) is 6.07 Å². The van der Waals surface area contributed by atoms with Crippen molar-refractivity contribution in [2.24, 2.45) is 0 Å². The van der Waals surface area contributed by atoms with Gasteiger partial charge in [-0.1, -0.05) is 24.3 Å². The second kappa shape index (κ2) is 7.56. The summed E-state index contributed by atoms with van der Waals surface area (Å²) >= 11 is 0. The molecule has 0 fully saturated rings. The van der Waals surface area contributed by atoms with Crippen molar-refractivity contribution in [3.05, 3.63) is 71.0 Å². The molecule has 0 aliphatic carbocycles. The van der Waals surface area contributed by atoms with E-state index < -0.39 is 0 Å². The lowest BCUT2D eigenvalue weighted by atomic mass is 10.2. The van der Waals surface area contributed by atoms with Gasteiger partial charge in [0.15, 0.2) is 11.5 Å². The number of para-hydroxylation sites is 1. The summed E-state index contributed by atoms with van der Waals surface area (Å²) in [6, 6.07) is 15.0. The van der Waals surface area contributed by atoms with Crippen molar-refractivity contribution in [3.8, 4) is 11.5 Å². The minimum atomic E-state index is -0.272. The molecule has 2 aromatic carbocycles. The third-order valence-electron chi connectivity index (χ3n) is 4.37. The van der Waals surface area contributed by atoms with E-state index in [0.29, 0.717) is 23.9 Å². The number of aryl methyl sites for hydroxylation is 2. The zero-order chi connectivity index (χ0) is 19.5. The van der Waals surface area contributed by atoms with Crippen LogP contribution in [0.15, 0.2) is 48.5 Å². The molecule has 0 saturated heterocycles. The lowest BCUT2D eigenvalue weighted by Crippen LogP contribution is -2.16. The number of rotatable bonds is 5. The van der Waals surface area contributed by atoms with Crippen LogP contribution in [0.2, 0.25) is 0 Å². The number of carbonyl (C=O) groups excluding carboxylic acids is 1. The van der Waals surface area contributed by atoms with Crippen LogP contribution < -0.4 is 20.1 Å². The quantitative estimate of drug-likeness (QED) is 0.706. The molecule has 0 spiro atoms. The van der Waals surface area contributed by atoms with Gasteiger partial charge in [0.05, 0.1) is 0 Å². The highest BCUT2D eigenvalue weighted by atomic mass is 16.7. The number of hydrogen-bond donors (Lipinski definition) is 2. The van der Waals surface area contributed by atoms with E-state index in [2.05, 4.69) is 20.6 Å². The molecule has 0 saturated carbocycles. The molecule has 2 heterocycles. The summed E-state index contributed by atoms with van der Waals surface area (Å²) in [5, 5.41) is 6.06. The predicted octanol–water partition coefficient (Wildman–Crippen LogP) is 3.69. The topological polar surface area (TPSA) is 85.4 Å². The zero-order valence-electron chi connectivity index (χ0n) is 15.7. The van der Waals surface area contributed by atoms with E-state index in [4.69, 9.17) is 9.47 Å². The highest BCUT2D eigenvalue weighted by molar-refractivity contribution is 6.03. The second-order valence-electron chi connectivity index (χ2n) is 6.53. The number of hydrogen-bond acceptors (Lipinski definition) is 6. The molecule has 1 aliphatic heterocycles. The molecule has 3 aromatic rings. The van der Waals surface area contributed by atoms with Gasteiger partial charge in [-0.3, -0.25) is 4.79 Å². The Morgan fingerprint density at radius 1 is 1.04 bits per heavy atom. The van der Waals surface area contributed by atoms with Crippen molar-refractivity contribution in [2.45, 2.75) is 20.4 Å². The van der Waals surface area contributed by atoms with Gasteiger partial charge in [-0.2, -0.15) is 0 Å². The highest BCUT2D eigenvalue weighted by Crippen LogP contribution is 2.32. The number of fused-ring (bicyclic) bond motifs is 1. The van der Waals surface area contributed by atoms with E-state index in [0.717, 1.165) is 28.3 Å². The number of carbonyl (C=O) groups is 1. The lowest BCUT2D eigenvalue weighted by Gasteiger charge is -2.10. The molecule has 28 heavy (non-hydrogen) atoms. The molecular weight excluding hydrogens is 356 g/mol. The lowest BCUT2D eigenvalue weighted by molar-refractivity contribution is 0.102. The van der Waals surface area contributed by atoms with Crippen molar-refractivity contribution >= 4 is 17.5 Å². The summed E-state index contributed by atoms with van der Waals surface area (Å²) in [4.78, 5) is 21.3. The summed E-state index contributed by atoms with van der Waals surface area (Å²) in [6.45, 7) is 4.52. The fourth-order valence-corrected chi connectivity index (χ4v) is 2.90. The number of aromatic nitrogens is 2. The fraction of sp³-hybridized carbons (Fsp3) is 0.190. The van der Waals surface area contributed by atoms with E-state index in [1.165, 1.54) is 0 Å². The van der Waals surface area contributed by atoms with Crippen molar-refractivity contribution in [2.75, 3.05) is 17.4 Å². The second-order valence-corrected chi connectivity index (χ2v) is 6.53. The van der Waals surface area contributed by atoms with Gasteiger partial charge in [0.2, 0.25) is 12.7 Å². The third kappa shape index (κ3) is 3.88. The van der Waals surface area contributed by atoms with Crippen LogP contribution in [0, 0.1) is 13.8 Å². The molecule has 4 rings (SSSR count). The van der Waals surface area contributed by atoms with Crippen LogP contribution in [-0.4, -0.2) is 22.7 Å². The van der Waals surface area contributed by atoms with Crippen LogP contribution in [0.4, 0.5) is 11.6 Å². The van der Waals surface area contributed by atoms with Crippen molar-refractivity contribution in [1.29, 1.82) is 0 Å². The fourth-order valence-electron chi connectivity index (χ4n) is 2.90. The standard InChI is InChI=1S/C21H20N4O3/c1-13-5-3-4-6-16(13)24-20(26)17-9-14(2)23-21(25-17)22-11-15-7-8-18-19(10-15)28-12-27-18/h3-10H,11-12H2,1-2H3,(H,24,26)(H,22,23,25). The average Bonchev–Trinajstić information content (AvgIpc) is 3.15. The van der Waals surface area contributed by atoms with E-state index in [-0.39, 0.29) is 12.7 Å². The summed E-state index contributed by atoms with van der Waals surface area (Å²) in [7, 11) is 0. The first kappa shape index (κ1) is 17.8. The minimum absolute atomic E-state index is 0.243. The third-order valence-corrected chi connectivity index (χ3v) is 4.37. The van der Waals surface area contributed by atoms with Crippen LogP contribution >= 0.6 is 0 Å². The van der Waals surface area contributed by atoms with Gasteiger partial charge in [0.25, 0.3) is 5.91 Å². The number of amides is 1. The number of anilines is 2. The Hall–Kier alpha value is -3.61. The van der Waals surface area contributed by atoms with Crippen LogP contribution in [0.1, 0.15) is 27.3 Å². The van der Waals surface area contributed by atoms with Crippen LogP contribution in [0.25, 0.3) is 0 Å². The van der Waals surface area contributed by atoms with Gasteiger partial charge in [0.1, 0.15) is 5.69 Å². The van der Waals surface area contributed by atoms with Crippen LogP contribution in [0.3, 0.4) is 0 Å². The SMILES string of the molecule is Cc1cc(C(=O)Nc2ccccc2C)nc(NCc2ccc3c(c2)OCO3)n1. The van der Waals surface area contributed by atoms with E-state index >= 15 is 0 Å². The van der Waals surface area contributed by atoms with Crippen molar-refractivity contribution < 1.29 is 14.3 Å². The highest BCUT2D eigenvalue weighted by Gasteiger charge is 2.14. The zero-order valence-corrected chi connectivity index (χ0v) is 15.7. The molecule has 0 bridgehead atoms. The van der Waals surface area contributed by atoms with E-state index in [1.807, 2.05) is 56.3 Å².